The number of amides is 5. The highest BCUT2D eigenvalue weighted by Crippen LogP contribution is 2.33. The maximum absolute atomic E-state index is 13.4. The van der Waals surface area contributed by atoms with E-state index in [2.05, 4.69) is 44.5 Å². The first-order chi connectivity index (χ1) is 23.3. The summed E-state index contributed by atoms with van der Waals surface area (Å²) >= 11 is 4.19. The monoisotopic (exact) mass is 716 g/mol. The Morgan fingerprint density at radius 2 is 1.14 bits per heavy atom. The Bertz CT molecular complexity index is 1110. The van der Waals surface area contributed by atoms with Crippen molar-refractivity contribution in [1.29, 1.82) is 5.41 Å². The van der Waals surface area contributed by atoms with Crippen LogP contribution < -0.4 is 60.6 Å². The summed E-state index contributed by atoms with van der Waals surface area (Å²) in [7, 11) is 0. The van der Waals surface area contributed by atoms with Gasteiger partial charge >= 0.3 is 5.97 Å². The average Bonchev–Trinajstić information content (AvgIpc) is 3.87. The predicted octanol–water partition coefficient (Wildman–Crippen LogP) is -4.36. The largest absolute Gasteiger partial charge is 0.480 e. The van der Waals surface area contributed by atoms with Crippen LogP contribution in [-0.4, -0.2) is 115 Å². The molecule has 6 atom stereocenters. The molecule has 0 bridgehead atoms. The molecule has 0 saturated heterocycles. The van der Waals surface area contributed by atoms with Gasteiger partial charge in [-0.25, -0.2) is 4.79 Å². The van der Waals surface area contributed by atoms with Crippen LogP contribution in [0.1, 0.15) is 64.2 Å². The van der Waals surface area contributed by atoms with Crippen LogP contribution in [0, 0.1) is 11.3 Å². The van der Waals surface area contributed by atoms with Crippen molar-refractivity contribution < 1.29 is 33.9 Å². The molecule has 0 unspecified atom stereocenters. The fourth-order valence-electron chi connectivity index (χ4n) is 4.78. The molecule has 0 aromatic heterocycles. The summed E-state index contributed by atoms with van der Waals surface area (Å²) in [5.74, 6) is -4.97. The molecular weight excluding hydrogens is 660 g/mol. The number of aliphatic carboxylic acids is 1. The van der Waals surface area contributed by atoms with Crippen LogP contribution in [0.15, 0.2) is 0 Å². The maximum Gasteiger partial charge on any atom is 0.326 e. The van der Waals surface area contributed by atoms with Crippen LogP contribution in [0.2, 0.25) is 0 Å². The molecule has 49 heavy (non-hydrogen) atoms. The zero-order valence-corrected chi connectivity index (χ0v) is 28.8. The lowest BCUT2D eigenvalue weighted by Gasteiger charge is -2.26. The molecule has 0 heterocycles. The van der Waals surface area contributed by atoms with Gasteiger partial charge in [-0.05, 0) is 76.9 Å². The van der Waals surface area contributed by atoms with Crippen molar-refractivity contribution in [3.63, 3.8) is 0 Å². The number of nitrogens with two attached hydrogens (primary N) is 5. The molecule has 280 valence electrons. The van der Waals surface area contributed by atoms with Crippen LogP contribution in [0.4, 0.5) is 0 Å². The SMILES string of the molecule is N=C(N)NCCC[C@H](NC(=O)[C@H](CCN)NC(=O)[C@H](CS)NC(=O)[C@H](CCCCN)NC(=O)[C@@H](N)CCN)C(=O)N[C@@H](CC1CC1)C(=O)O. The second-order valence-electron chi connectivity index (χ2n) is 12.0. The molecule has 19 nitrogen and oxygen atoms in total. The lowest BCUT2D eigenvalue weighted by atomic mass is 10.1. The minimum atomic E-state index is -1.24. The standard InChI is InChI=1S/C29H56N12O7S/c30-10-2-1-4-18(37-23(42)17(33)8-11-31)25(44)41-22(15-49)27(46)39-20(9-12-32)26(45)38-19(5-3-13-36-29(34)35)24(43)40-21(28(47)48)14-16-6-7-16/h16-22,49H,1-15,30-33H2,(H,37,42)(H,38,45)(H,39,46)(H,40,43)(H,41,44)(H,47,48)(H4,34,35,36)/t17-,18-,19-,20-,21-,22-/m0/s1. The lowest BCUT2D eigenvalue weighted by molar-refractivity contribution is -0.142. The Morgan fingerprint density at radius 1 is 0.673 bits per heavy atom. The first-order valence-corrected chi connectivity index (χ1v) is 17.2. The van der Waals surface area contributed by atoms with Crippen molar-refractivity contribution in [1.82, 2.24) is 31.9 Å². The van der Waals surface area contributed by atoms with Crippen molar-refractivity contribution in [3.8, 4) is 0 Å². The molecule has 1 aliphatic rings. The predicted molar refractivity (Wildman–Crippen MR) is 186 cm³/mol. The molecule has 1 fully saturated rings. The first-order valence-electron chi connectivity index (χ1n) is 16.6. The summed E-state index contributed by atoms with van der Waals surface area (Å²) in [6.45, 7) is 0.721. The Hall–Kier alpha value is -3.72. The van der Waals surface area contributed by atoms with E-state index in [-0.39, 0.29) is 75.8 Å². The highest BCUT2D eigenvalue weighted by atomic mass is 32.1. The lowest BCUT2D eigenvalue weighted by Crippen LogP contribution is -2.60. The summed E-state index contributed by atoms with van der Waals surface area (Å²) in [6, 6.07) is -6.77. The molecular formula is C29H56N12O7S. The van der Waals surface area contributed by atoms with Crippen molar-refractivity contribution in [2.24, 2.45) is 34.6 Å². The van der Waals surface area contributed by atoms with E-state index in [1.54, 1.807) is 0 Å². The van der Waals surface area contributed by atoms with Gasteiger partial charge in [-0.3, -0.25) is 29.4 Å². The number of hydrogen-bond acceptors (Lipinski definition) is 12. The van der Waals surface area contributed by atoms with E-state index in [4.69, 9.17) is 34.1 Å². The molecule has 18 N–H and O–H groups in total. The number of carbonyl (C=O) groups is 6. The third-order valence-corrected chi connectivity index (χ3v) is 8.16. The summed E-state index contributed by atoms with van der Waals surface area (Å²) < 4.78 is 0. The highest BCUT2D eigenvalue weighted by Gasteiger charge is 2.34. The van der Waals surface area contributed by atoms with Gasteiger partial charge < -0.3 is 65.7 Å². The number of carbonyl (C=O) groups excluding carboxylic acids is 5. The number of hydrogen-bond donors (Lipinski definition) is 14. The second-order valence-corrected chi connectivity index (χ2v) is 12.4. The molecule has 1 saturated carbocycles. The smallest absolute Gasteiger partial charge is 0.326 e. The number of thiol groups is 1. The molecule has 0 spiro atoms. The first kappa shape index (κ1) is 43.3. The van der Waals surface area contributed by atoms with Gasteiger partial charge in [0.25, 0.3) is 0 Å². The number of carboxylic acid groups (broad SMARTS) is 1. The van der Waals surface area contributed by atoms with Gasteiger partial charge in [0.2, 0.25) is 29.5 Å². The maximum atomic E-state index is 13.4. The van der Waals surface area contributed by atoms with E-state index in [1.165, 1.54) is 0 Å². The molecule has 1 rings (SSSR count). The quantitative estimate of drug-likeness (QED) is 0.0174. The number of guanidine groups is 1. The highest BCUT2D eigenvalue weighted by molar-refractivity contribution is 7.80. The summed E-state index contributed by atoms with van der Waals surface area (Å²) in [5.41, 5.74) is 27.9. The van der Waals surface area contributed by atoms with Crippen LogP contribution in [0.25, 0.3) is 0 Å². The zero-order chi connectivity index (χ0) is 36.9. The van der Waals surface area contributed by atoms with E-state index in [0.29, 0.717) is 19.4 Å². The van der Waals surface area contributed by atoms with Gasteiger partial charge in [0, 0.05) is 12.3 Å². The van der Waals surface area contributed by atoms with Gasteiger partial charge in [0.15, 0.2) is 5.96 Å². The Kier molecular flexibility index (Phi) is 20.9. The van der Waals surface area contributed by atoms with Gasteiger partial charge in [0.1, 0.15) is 30.2 Å². The number of nitrogens with one attached hydrogen (secondary N) is 7. The molecule has 0 radical (unpaired) electrons. The van der Waals surface area contributed by atoms with E-state index in [9.17, 15) is 33.9 Å². The van der Waals surface area contributed by atoms with Crippen molar-refractivity contribution in [2.75, 3.05) is 31.9 Å². The van der Waals surface area contributed by atoms with Gasteiger partial charge in [-0.1, -0.05) is 12.8 Å². The summed E-state index contributed by atoms with van der Waals surface area (Å²) in [5, 5.41) is 32.3. The zero-order valence-electron chi connectivity index (χ0n) is 27.9. The molecule has 0 aliphatic heterocycles. The molecule has 0 aromatic carbocycles. The van der Waals surface area contributed by atoms with E-state index < -0.39 is 71.8 Å². The number of carboxylic acids is 1. The van der Waals surface area contributed by atoms with Gasteiger partial charge in [-0.15, -0.1) is 0 Å². The van der Waals surface area contributed by atoms with E-state index in [1.807, 2.05) is 0 Å². The average molecular weight is 717 g/mol. The minimum absolute atomic E-state index is 0.0313. The van der Waals surface area contributed by atoms with Crippen LogP contribution in [-0.2, 0) is 28.8 Å². The third-order valence-electron chi connectivity index (χ3n) is 7.80. The second kappa shape index (κ2) is 23.6. The van der Waals surface area contributed by atoms with Crippen LogP contribution in [0.3, 0.4) is 0 Å². The summed E-state index contributed by atoms with van der Waals surface area (Å²) in [4.78, 5) is 77.5. The van der Waals surface area contributed by atoms with Gasteiger partial charge in [0.05, 0.1) is 6.04 Å². The van der Waals surface area contributed by atoms with E-state index in [0.717, 1.165) is 12.8 Å². The topological polar surface area (TPSA) is 349 Å². The number of rotatable bonds is 26. The van der Waals surface area contributed by atoms with Crippen molar-refractivity contribution in [2.45, 2.75) is 100 Å². The molecule has 20 heteroatoms. The molecule has 5 amide bonds. The Balaban J connectivity index is 3.04. The minimum Gasteiger partial charge on any atom is -0.480 e. The summed E-state index contributed by atoms with van der Waals surface area (Å²) in [6.07, 6.45) is 3.81. The van der Waals surface area contributed by atoms with Crippen molar-refractivity contribution >= 4 is 54.1 Å². The molecule has 0 aromatic rings. The fraction of sp³-hybridized carbons (Fsp3) is 0.759. The Labute approximate surface area is 292 Å². The third kappa shape index (κ3) is 17.5. The van der Waals surface area contributed by atoms with Crippen molar-refractivity contribution in [3.05, 3.63) is 0 Å². The van der Waals surface area contributed by atoms with Gasteiger partial charge in [-0.2, -0.15) is 12.6 Å². The van der Waals surface area contributed by atoms with Crippen LogP contribution in [0.5, 0.6) is 0 Å². The van der Waals surface area contributed by atoms with Crippen LogP contribution >= 0.6 is 12.6 Å². The molecule has 1 aliphatic carbocycles. The normalized spacial score (nSPS) is 16.1. The number of unbranched alkanes of at least 4 members (excludes halogenated alkanes) is 1. The Morgan fingerprint density at radius 3 is 1.61 bits per heavy atom. The fourth-order valence-corrected chi connectivity index (χ4v) is 5.03. The van der Waals surface area contributed by atoms with E-state index >= 15 is 0 Å².